The highest BCUT2D eigenvalue weighted by molar-refractivity contribution is 6.12. The van der Waals surface area contributed by atoms with Crippen molar-refractivity contribution in [2.75, 3.05) is 52.0 Å². The monoisotopic (exact) mass is 1700 g/mol. The molecule has 2 atom stereocenters. The van der Waals surface area contributed by atoms with Gasteiger partial charge in [0.15, 0.2) is 10.9 Å². The zero-order chi connectivity index (χ0) is 88.9. The molecule has 636 valence electrons. The number of nitrogens with zero attached hydrogens (tertiary/aromatic N) is 9. The first-order chi connectivity index (χ1) is 60.7. The van der Waals surface area contributed by atoms with Crippen LogP contribution in [0, 0.1) is 25.5 Å². The maximum atomic E-state index is 14.7. The summed E-state index contributed by atoms with van der Waals surface area (Å²) in [6.45, 7) is 4.32. The highest BCUT2D eigenvalue weighted by atomic mass is 19.1. The number of halogens is 2. The third-order valence-electron chi connectivity index (χ3n) is 21.1. The number of aromatic nitrogens is 6. The molecule has 1 fully saturated rings. The maximum absolute atomic E-state index is 14.7. The van der Waals surface area contributed by atoms with Crippen molar-refractivity contribution in [1.82, 2.24) is 40.3 Å². The van der Waals surface area contributed by atoms with E-state index in [1.54, 1.807) is 68.6 Å². The largest absolute Gasteiger partial charge is 0.508 e. The Kier molecular flexibility index (Phi) is 24.3. The third kappa shape index (κ3) is 17.9. The lowest BCUT2D eigenvalue weighted by atomic mass is 9.79. The summed E-state index contributed by atoms with van der Waals surface area (Å²) in [4.78, 5) is 141. The molecule has 0 saturated carbocycles. The van der Waals surface area contributed by atoms with Crippen LogP contribution in [-0.2, 0) is 36.9 Å². The summed E-state index contributed by atoms with van der Waals surface area (Å²) in [6.07, 6.45) is 1.86. The van der Waals surface area contributed by atoms with Crippen LogP contribution < -0.4 is 42.8 Å². The summed E-state index contributed by atoms with van der Waals surface area (Å²) in [6, 6.07) is 45.0. The second-order valence-electron chi connectivity index (χ2n) is 29.3. The van der Waals surface area contributed by atoms with E-state index in [-0.39, 0.29) is 134 Å². The summed E-state index contributed by atoms with van der Waals surface area (Å²) >= 11 is 0. The fourth-order valence-corrected chi connectivity index (χ4v) is 15.7. The predicted molar refractivity (Wildman–Crippen MR) is 456 cm³/mol. The second-order valence-corrected chi connectivity index (χ2v) is 29.3. The van der Waals surface area contributed by atoms with Crippen LogP contribution in [0.5, 0.6) is 23.3 Å². The summed E-state index contributed by atoms with van der Waals surface area (Å²) in [5, 5.41) is 53.2. The number of pyridine rings is 2. The molecule has 7 heterocycles. The molecule has 0 bridgehead atoms. The summed E-state index contributed by atoms with van der Waals surface area (Å²) in [5.74, 6) is -5.22. The summed E-state index contributed by atoms with van der Waals surface area (Å²) in [5.41, 5.74) is 28.9. The number of benzene rings is 8. The molecular weight excluding hydrogens is 1630 g/mol. The van der Waals surface area contributed by atoms with Crippen LogP contribution in [0.2, 0.25) is 0 Å². The molecule has 4 aromatic heterocycles. The molecule has 6 aromatic carbocycles. The number of oxime groups is 2. The number of amides is 3. The number of nitrogens with one attached hydrogen (secondary N) is 1. The van der Waals surface area contributed by atoms with Crippen LogP contribution in [0.3, 0.4) is 0 Å². The molecule has 4 aliphatic carbocycles. The minimum absolute atomic E-state index is 0.0212. The van der Waals surface area contributed by atoms with Crippen LogP contribution in [0.25, 0.3) is 89.4 Å². The van der Waals surface area contributed by atoms with E-state index in [1.807, 2.05) is 19.1 Å². The number of imide groups is 1. The highest BCUT2D eigenvalue weighted by Crippen LogP contribution is 2.46. The fourth-order valence-electron chi connectivity index (χ4n) is 15.7. The molecule has 3 amide bonds. The minimum atomic E-state index is -1.36. The van der Waals surface area contributed by atoms with E-state index in [1.165, 1.54) is 116 Å². The number of nitrogen functional groups attached to an aromatic ring is 2. The number of nitrogens with two attached hydrogens (primary N) is 3. The number of carbonyl (C=O) groups is 6. The van der Waals surface area contributed by atoms with Gasteiger partial charge < -0.3 is 75.8 Å². The van der Waals surface area contributed by atoms with Gasteiger partial charge in [-0.15, -0.1) is 5.06 Å². The van der Waals surface area contributed by atoms with E-state index in [0.717, 1.165) is 39.9 Å². The minimum Gasteiger partial charge on any atom is -0.508 e. The summed E-state index contributed by atoms with van der Waals surface area (Å²) in [7, 11) is 3.06. The first-order valence-electron chi connectivity index (χ1n) is 39.2. The predicted octanol–water partition coefficient (Wildman–Crippen LogP) is 12.9. The Balaban J connectivity index is 0.000000156. The Bertz CT molecular complexity index is 6860. The number of anilines is 2. The average Bonchev–Trinajstić information content (AvgIpc) is 0.892. The standard InChI is InChI=1S/C44H35FN6O8.C25H15NO9.C23H25FN6O2/c1-22-40-35(50-44(46)48-22)17-24(28-11-7-25(45)19-32(28)34-4-3-5-39(49-34)57-2)18-36(40)51-58-15-14-47-42(54)23-6-10-29(33(16-23)43(55)56)41-30-12-8-26(52)20-37(30)59-38-21-27(53)9-13-31(38)41;27-13-2-5-16-19(10-13)34-20-11-14(28)3-6-17(20)23(16)15-4-1-12(9-18(15)24(31)32)25(33)35-26-21(29)7-8-22(26)30;1-13-22-19(29-23(26)27-13)10-14(11-20(22)30-32-9-8-25)16-7-6-15(24)12-17(16)18-4-3-5-21(28-18)31-2/h3-13,16,19-21,24,52H,14-15,17-18H2,1-2H3,(H,47,54)(H,55,56)(H2,46,48,50);1-6,9-11,27H,7-8H2,(H,31,32);3-7,12,14H,8-11,25H2,1-2H3,(H2,26,27,29)/b51-36+;;30-20+/t24-;;14-/m0.0/s1. The number of methoxy groups -OCH3 is 2. The second kappa shape index (κ2) is 36.2. The number of carboxylic acid groups (broad SMARTS) is 2. The number of rotatable bonds is 20. The molecule has 126 heavy (non-hydrogen) atoms. The van der Waals surface area contributed by atoms with Crippen LogP contribution >= 0.6 is 0 Å². The van der Waals surface area contributed by atoms with Crippen LogP contribution in [0.15, 0.2) is 211 Å². The lowest BCUT2D eigenvalue weighted by Gasteiger charge is -2.27. The third-order valence-corrected chi connectivity index (χ3v) is 21.1. The van der Waals surface area contributed by atoms with Gasteiger partial charge >= 0.3 is 17.9 Å². The number of phenols is 2. The maximum Gasteiger partial charge on any atom is 0.363 e. The molecule has 3 aliphatic heterocycles. The number of hydrogen-bond acceptors (Lipinski definition) is 28. The normalized spacial score (nSPS) is 14.7. The highest BCUT2D eigenvalue weighted by Gasteiger charge is 2.37. The van der Waals surface area contributed by atoms with Crippen molar-refractivity contribution in [2.45, 2.75) is 64.2 Å². The van der Waals surface area contributed by atoms with E-state index in [4.69, 9.17) is 50.0 Å². The SMILES string of the molecule is COc1cccc(-c2cc(F)ccc2[C@@H]2C/C(=N\OCCN)c3c(C)nc(N)nc3C2)n1.COc1cccc(-c2cc(F)ccc2[C@@H]2C/C(=N\OCCNC(=O)c3ccc(-c4c5ccc(=O)cc-5oc5cc(O)ccc45)c(C(=O)O)c3)c3c(C)nc(N)nc3C2)n1.O=C(ON1C(=O)CCC1=O)c1ccc(-c2c3ccc(=O)cc-3oc3cc(O)ccc23)c(C(=O)O)c1. The summed E-state index contributed by atoms with van der Waals surface area (Å²) < 4.78 is 51.2. The van der Waals surface area contributed by atoms with Crippen LogP contribution in [0.4, 0.5) is 20.7 Å². The Morgan fingerprint density at radius 2 is 0.960 bits per heavy atom. The Morgan fingerprint density at radius 3 is 1.42 bits per heavy atom. The average molecular weight is 1700 g/mol. The molecule has 11 N–H and O–H groups in total. The molecule has 32 nitrogen and oxygen atoms in total. The van der Waals surface area contributed by atoms with Crippen molar-refractivity contribution in [3.8, 4) is 90.7 Å². The Labute approximate surface area is 712 Å². The first kappa shape index (κ1) is 84.7. The lowest BCUT2D eigenvalue weighted by Crippen LogP contribution is -2.32. The van der Waals surface area contributed by atoms with E-state index in [0.29, 0.717) is 134 Å². The number of hydroxylamine groups is 2. The Hall–Kier alpha value is -16.3. The molecule has 1 saturated heterocycles. The molecule has 34 heteroatoms. The van der Waals surface area contributed by atoms with Crippen molar-refractivity contribution in [3.05, 3.63) is 281 Å². The fraction of sp³-hybridized carbons (Fsp3) is 0.174. The van der Waals surface area contributed by atoms with Gasteiger partial charge in [0.2, 0.25) is 23.7 Å². The molecule has 0 radical (unpaired) electrons. The topological polar surface area (TPSA) is 485 Å². The number of hydrogen-bond donors (Lipinski definition) is 8. The van der Waals surface area contributed by atoms with Gasteiger partial charge in [-0.1, -0.05) is 46.7 Å². The zero-order valence-corrected chi connectivity index (χ0v) is 67.5. The van der Waals surface area contributed by atoms with Crippen molar-refractivity contribution in [3.63, 3.8) is 0 Å². The number of aromatic hydroxyl groups is 2. The van der Waals surface area contributed by atoms with Gasteiger partial charge in [0, 0.05) is 129 Å². The van der Waals surface area contributed by atoms with Crippen LogP contribution in [0.1, 0.15) is 124 Å². The van der Waals surface area contributed by atoms with Crippen LogP contribution in [-0.4, -0.2) is 143 Å². The number of phenolic OH excluding ortho intramolecular Hbond substituents is 2. The van der Waals surface area contributed by atoms with E-state index in [9.17, 15) is 67.6 Å². The van der Waals surface area contributed by atoms with Gasteiger partial charge in [-0.3, -0.25) is 24.0 Å². The van der Waals surface area contributed by atoms with Crippen molar-refractivity contribution in [2.24, 2.45) is 16.0 Å². The number of ether oxygens (including phenoxy) is 2. The molecule has 17 rings (SSSR count). The molecule has 0 unspecified atom stereocenters. The van der Waals surface area contributed by atoms with Gasteiger partial charge in [0.25, 0.3) is 17.7 Å². The molecule has 10 aromatic rings. The zero-order valence-electron chi connectivity index (χ0n) is 67.5. The van der Waals surface area contributed by atoms with Crippen molar-refractivity contribution in [1.29, 1.82) is 0 Å². The van der Waals surface area contributed by atoms with E-state index in [2.05, 4.69) is 45.5 Å². The van der Waals surface area contributed by atoms with Gasteiger partial charge in [-0.25, -0.2) is 53.1 Å². The van der Waals surface area contributed by atoms with Crippen molar-refractivity contribution < 1.29 is 90.8 Å². The quantitative estimate of drug-likeness (QED) is 0.0152. The van der Waals surface area contributed by atoms with Crippen molar-refractivity contribution >= 4 is 80.9 Å². The van der Waals surface area contributed by atoms with Gasteiger partial charge in [0.05, 0.1) is 83.0 Å². The Morgan fingerprint density at radius 1 is 0.508 bits per heavy atom. The van der Waals surface area contributed by atoms with E-state index >= 15 is 0 Å². The van der Waals surface area contributed by atoms with E-state index < -0.39 is 41.4 Å². The number of aryl methyl sites for hydroxylation is 2. The number of carboxylic acids is 2. The number of aromatic carboxylic acids is 2. The number of fused-ring (bicyclic) bond motifs is 6. The van der Waals surface area contributed by atoms with Gasteiger partial charge in [0.1, 0.15) is 59.0 Å². The van der Waals surface area contributed by atoms with Gasteiger partial charge in [-0.2, -0.15) is 0 Å². The first-order valence-corrected chi connectivity index (χ1v) is 39.2. The van der Waals surface area contributed by atoms with Gasteiger partial charge in [-0.05, 0) is 170 Å². The lowest BCUT2D eigenvalue weighted by molar-refractivity contribution is -0.172. The molecule has 7 aliphatic rings. The smallest absolute Gasteiger partial charge is 0.363 e. The molecule has 0 spiro atoms. The molecular formula is C92H75F2N13O19. The number of carbonyl (C=O) groups excluding carboxylic acids is 4.